The van der Waals surface area contributed by atoms with Gasteiger partial charge in [-0.2, -0.15) is 0 Å². The van der Waals surface area contributed by atoms with Crippen LogP contribution in [0.3, 0.4) is 0 Å². The van der Waals surface area contributed by atoms with Gasteiger partial charge in [-0.1, -0.05) is 29.8 Å². The number of hydrogen-bond acceptors (Lipinski definition) is 2. The van der Waals surface area contributed by atoms with Crippen molar-refractivity contribution in [1.82, 2.24) is 0 Å². The lowest BCUT2D eigenvalue weighted by atomic mass is 10.1. The Bertz CT molecular complexity index is 450. The van der Waals surface area contributed by atoms with Gasteiger partial charge in [-0.15, -0.1) is 0 Å². The molecule has 0 unspecified atom stereocenters. The number of ether oxygens (including phenoxy) is 1. The van der Waals surface area contributed by atoms with Crippen LogP contribution in [-0.4, -0.2) is 17.7 Å². The zero-order valence-electron chi connectivity index (χ0n) is 9.39. The average Bonchev–Trinajstić information content (AvgIpc) is 2.29. The molecule has 1 aromatic carbocycles. The van der Waals surface area contributed by atoms with E-state index in [1.54, 1.807) is 12.1 Å². The monoisotopic (exact) mass is 252 g/mol. The first kappa shape index (κ1) is 13.3. The molecular weight excluding hydrogens is 240 g/mol. The van der Waals surface area contributed by atoms with Crippen molar-refractivity contribution < 1.29 is 14.6 Å². The second-order valence-corrected chi connectivity index (χ2v) is 3.59. The summed E-state index contributed by atoms with van der Waals surface area (Å²) in [6, 6.07) is 5.55. The van der Waals surface area contributed by atoms with Crippen molar-refractivity contribution in [3.05, 3.63) is 47.0 Å². The van der Waals surface area contributed by atoms with Crippen LogP contribution in [0.4, 0.5) is 0 Å². The summed E-state index contributed by atoms with van der Waals surface area (Å²) in [5, 5.41) is 8.59. The molecule has 0 atom stereocenters. The maximum Gasteiger partial charge on any atom is 0.328 e. The molecule has 0 aliphatic carbocycles. The third-order valence-electron chi connectivity index (χ3n) is 2.06. The summed E-state index contributed by atoms with van der Waals surface area (Å²) in [4.78, 5) is 10.5. The number of carboxylic acids is 1. The van der Waals surface area contributed by atoms with Crippen molar-refractivity contribution in [2.75, 3.05) is 6.61 Å². The van der Waals surface area contributed by atoms with E-state index in [1.807, 2.05) is 19.1 Å². The van der Waals surface area contributed by atoms with Crippen LogP contribution in [0.1, 0.15) is 11.1 Å². The Kier molecular flexibility index (Phi) is 5.30. The van der Waals surface area contributed by atoms with E-state index in [2.05, 4.69) is 0 Å². The van der Waals surface area contributed by atoms with E-state index in [0.29, 0.717) is 12.4 Å². The van der Waals surface area contributed by atoms with Gasteiger partial charge in [-0.3, -0.25) is 0 Å². The summed E-state index contributed by atoms with van der Waals surface area (Å²) in [6.45, 7) is 2.25. The Labute approximate surface area is 105 Å². The number of carbonyl (C=O) groups is 1. The highest BCUT2D eigenvalue weighted by atomic mass is 35.5. The maximum absolute atomic E-state index is 10.5. The van der Waals surface area contributed by atoms with Crippen LogP contribution in [0.2, 0.25) is 0 Å². The molecule has 0 fully saturated rings. The van der Waals surface area contributed by atoms with Gasteiger partial charge >= 0.3 is 5.97 Å². The molecule has 0 saturated heterocycles. The van der Waals surface area contributed by atoms with Gasteiger partial charge in [0.15, 0.2) is 0 Å². The van der Waals surface area contributed by atoms with Crippen molar-refractivity contribution >= 4 is 23.6 Å². The molecular formula is C13H13ClO3. The lowest BCUT2D eigenvalue weighted by Crippen LogP contribution is -1.98. The fourth-order valence-electron chi connectivity index (χ4n) is 1.33. The normalized spacial score (nSPS) is 11.2. The van der Waals surface area contributed by atoms with Gasteiger partial charge in [0.25, 0.3) is 0 Å². The van der Waals surface area contributed by atoms with E-state index in [4.69, 9.17) is 21.4 Å². The summed E-state index contributed by atoms with van der Waals surface area (Å²) < 4.78 is 5.53. The second-order valence-electron chi connectivity index (χ2n) is 3.34. The SMILES string of the molecule is Cc1cccc(/C=C/C(=O)O)c1OC/C=C/Cl. The Morgan fingerprint density at radius 1 is 1.53 bits per heavy atom. The quantitative estimate of drug-likeness (QED) is 0.819. The Balaban J connectivity index is 2.95. The van der Waals surface area contributed by atoms with E-state index in [0.717, 1.165) is 17.2 Å². The summed E-state index contributed by atoms with van der Waals surface area (Å²) in [7, 11) is 0. The standard InChI is InChI=1S/C13H13ClO3/c1-10-4-2-5-11(6-7-12(15)16)13(10)17-9-3-8-14/h2-8H,9H2,1H3,(H,15,16)/b7-6+,8-3+. The molecule has 0 saturated carbocycles. The summed E-state index contributed by atoms with van der Waals surface area (Å²) in [5.74, 6) is -0.321. The molecule has 0 aliphatic rings. The Morgan fingerprint density at radius 3 is 2.94 bits per heavy atom. The minimum atomic E-state index is -0.988. The van der Waals surface area contributed by atoms with Crippen LogP contribution in [-0.2, 0) is 4.79 Å². The van der Waals surface area contributed by atoms with E-state index >= 15 is 0 Å². The summed E-state index contributed by atoms with van der Waals surface area (Å²) in [5.41, 5.74) is 3.06. The minimum absolute atomic E-state index is 0.349. The van der Waals surface area contributed by atoms with Gasteiger partial charge in [0.2, 0.25) is 0 Å². The van der Waals surface area contributed by atoms with Crippen LogP contribution < -0.4 is 4.74 Å². The highest BCUT2D eigenvalue weighted by molar-refractivity contribution is 6.25. The number of benzene rings is 1. The summed E-state index contributed by atoms with van der Waals surface area (Å²) >= 11 is 5.40. The molecule has 1 N–H and O–H groups in total. The molecule has 0 heterocycles. The molecule has 0 spiro atoms. The van der Waals surface area contributed by atoms with Crippen molar-refractivity contribution in [1.29, 1.82) is 0 Å². The molecule has 0 radical (unpaired) electrons. The largest absolute Gasteiger partial charge is 0.489 e. The molecule has 3 nitrogen and oxygen atoms in total. The molecule has 4 heteroatoms. The maximum atomic E-state index is 10.5. The Hall–Kier alpha value is -1.74. The van der Waals surface area contributed by atoms with Gasteiger partial charge in [0.05, 0.1) is 0 Å². The average molecular weight is 253 g/mol. The van der Waals surface area contributed by atoms with Crippen molar-refractivity contribution in [3.8, 4) is 5.75 Å². The van der Waals surface area contributed by atoms with Crippen molar-refractivity contribution in [3.63, 3.8) is 0 Å². The Morgan fingerprint density at radius 2 is 2.29 bits per heavy atom. The lowest BCUT2D eigenvalue weighted by molar-refractivity contribution is -0.131. The van der Waals surface area contributed by atoms with Crippen LogP contribution >= 0.6 is 11.6 Å². The first-order valence-corrected chi connectivity index (χ1v) is 5.47. The van der Waals surface area contributed by atoms with Gasteiger partial charge in [0, 0.05) is 17.2 Å². The number of aryl methyl sites for hydroxylation is 1. The lowest BCUT2D eigenvalue weighted by Gasteiger charge is -2.10. The highest BCUT2D eigenvalue weighted by Crippen LogP contribution is 2.24. The predicted octanol–water partition coefficient (Wildman–Crippen LogP) is 3.22. The number of para-hydroxylation sites is 1. The van der Waals surface area contributed by atoms with Gasteiger partial charge < -0.3 is 9.84 Å². The third-order valence-corrected chi connectivity index (χ3v) is 2.24. The number of halogens is 1. The number of carboxylic acid groups (broad SMARTS) is 1. The second kappa shape index (κ2) is 6.76. The molecule has 1 rings (SSSR count). The molecule has 0 aromatic heterocycles. The van der Waals surface area contributed by atoms with Crippen LogP contribution in [0.5, 0.6) is 5.75 Å². The minimum Gasteiger partial charge on any atom is -0.489 e. The van der Waals surface area contributed by atoms with Crippen molar-refractivity contribution in [2.45, 2.75) is 6.92 Å². The van der Waals surface area contributed by atoms with E-state index < -0.39 is 5.97 Å². The van der Waals surface area contributed by atoms with Crippen LogP contribution in [0.15, 0.2) is 35.9 Å². The number of hydrogen-bond donors (Lipinski definition) is 1. The molecule has 0 aliphatic heterocycles. The van der Waals surface area contributed by atoms with Gasteiger partial charge in [-0.05, 0) is 24.6 Å². The molecule has 0 amide bonds. The number of aliphatic carboxylic acids is 1. The first-order chi connectivity index (χ1) is 8.15. The van der Waals surface area contributed by atoms with Crippen molar-refractivity contribution in [2.24, 2.45) is 0 Å². The summed E-state index contributed by atoms with van der Waals surface area (Å²) in [6.07, 6.45) is 4.26. The van der Waals surface area contributed by atoms with Gasteiger partial charge in [-0.25, -0.2) is 4.79 Å². The molecule has 0 bridgehead atoms. The topological polar surface area (TPSA) is 46.5 Å². The van der Waals surface area contributed by atoms with E-state index in [9.17, 15) is 4.79 Å². The third kappa shape index (κ3) is 4.33. The first-order valence-electron chi connectivity index (χ1n) is 5.04. The van der Waals surface area contributed by atoms with E-state index in [-0.39, 0.29) is 0 Å². The molecule has 1 aromatic rings. The molecule has 90 valence electrons. The zero-order valence-corrected chi connectivity index (χ0v) is 10.1. The predicted molar refractivity (Wildman–Crippen MR) is 68.3 cm³/mol. The highest BCUT2D eigenvalue weighted by Gasteiger charge is 2.04. The fourth-order valence-corrected chi connectivity index (χ4v) is 1.41. The zero-order chi connectivity index (χ0) is 12.7. The smallest absolute Gasteiger partial charge is 0.328 e. The molecule has 17 heavy (non-hydrogen) atoms. The number of rotatable bonds is 5. The van der Waals surface area contributed by atoms with Gasteiger partial charge in [0.1, 0.15) is 12.4 Å². The van der Waals surface area contributed by atoms with Crippen LogP contribution in [0, 0.1) is 6.92 Å². The van der Waals surface area contributed by atoms with Crippen LogP contribution in [0.25, 0.3) is 6.08 Å². The fraction of sp³-hybridized carbons (Fsp3) is 0.154. The van der Waals surface area contributed by atoms with E-state index in [1.165, 1.54) is 11.6 Å².